The zero-order chi connectivity index (χ0) is 19.7. The number of aromatic nitrogens is 3. The van der Waals surface area contributed by atoms with Gasteiger partial charge in [-0.3, -0.25) is 4.98 Å². The monoisotopic (exact) mass is 372 g/mol. The summed E-state index contributed by atoms with van der Waals surface area (Å²) in [6.07, 6.45) is 6.15. The molecule has 1 unspecified atom stereocenters. The van der Waals surface area contributed by atoms with E-state index in [0.29, 0.717) is 37.4 Å². The Bertz CT molecular complexity index is 776. The van der Waals surface area contributed by atoms with Crippen molar-refractivity contribution in [2.45, 2.75) is 44.8 Å². The Hall–Kier alpha value is -2.41. The van der Waals surface area contributed by atoms with Gasteiger partial charge in [0.1, 0.15) is 11.4 Å². The van der Waals surface area contributed by atoms with Crippen LogP contribution in [0.3, 0.4) is 0 Å². The van der Waals surface area contributed by atoms with Crippen LogP contribution < -0.4 is 0 Å². The predicted octanol–water partition coefficient (Wildman–Crippen LogP) is 2.70. The Balaban J connectivity index is 1.82. The standard InChI is InChI=1S/C20H28N4O3/c1-19(2,3)27-18(25)24-12-8-15(9-13-24)20(26,16-7-5-6-10-21-16)17-22-11-14-23(17)4/h5-7,10-11,14-15,26H,8-9,12-13H2,1-4H3. The zero-order valence-electron chi connectivity index (χ0n) is 16.4. The second kappa shape index (κ2) is 7.31. The van der Waals surface area contributed by atoms with Crippen molar-refractivity contribution < 1.29 is 14.6 Å². The molecule has 0 radical (unpaired) electrons. The third kappa shape index (κ3) is 3.98. The van der Waals surface area contributed by atoms with Gasteiger partial charge < -0.3 is 19.3 Å². The fourth-order valence-corrected chi connectivity index (χ4v) is 3.63. The molecule has 0 aliphatic carbocycles. The van der Waals surface area contributed by atoms with Crippen molar-refractivity contribution in [3.05, 3.63) is 48.3 Å². The van der Waals surface area contributed by atoms with Gasteiger partial charge >= 0.3 is 6.09 Å². The summed E-state index contributed by atoms with van der Waals surface area (Å²) in [4.78, 5) is 22.9. The van der Waals surface area contributed by atoms with E-state index >= 15 is 0 Å². The minimum Gasteiger partial charge on any atom is -0.444 e. The Morgan fingerprint density at radius 2 is 1.89 bits per heavy atom. The van der Waals surface area contributed by atoms with Crippen LogP contribution in [0.25, 0.3) is 0 Å². The average Bonchev–Trinajstić information content (AvgIpc) is 3.07. The first-order valence-corrected chi connectivity index (χ1v) is 9.31. The normalized spacial score (nSPS) is 18.2. The van der Waals surface area contributed by atoms with E-state index in [4.69, 9.17) is 4.74 Å². The highest BCUT2D eigenvalue weighted by atomic mass is 16.6. The Morgan fingerprint density at radius 1 is 1.19 bits per heavy atom. The molecule has 2 aromatic heterocycles. The van der Waals surface area contributed by atoms with Crippen molar-refractivity contribution in [2.24, 2.45) is 13.0 Å². The summed E-state index contributed by atoms with van der Waals surface area (Å²) in [6.45, 7) is 6.63. The minimum absolute atomic E-state index is 0.104. The van der Waals surface area contributed by atoms with Crippen molar-refractivity contribution >= 4 is 6.09 Å². The van der Waals surface area contributed by atoms with Crippen LogP contribution in [0, 0.1) is 5.92 Å². The summed E-state index contributed by atoms with van der Waals surface area (Å²) in [6, 6.07) is 5.52. The first kappa shape index (κ1) is 19.4. The number of piperidine rings is 1. The number of amides is 1. The quantitative estimate of drug-likeness (QED) is 0.896. The average molecular weight is 372 g/mol. The Morgan fingerprint density at radius 3 is 2.41 bits per heavy atom. The number of carbonyl (C=O) groups is 1. The fraction of sp³-hybridized carbons (Fsp3) is 0.550. The first-order chi connectivity index (χ1) is 12.7. The number of hydrogen-bond donors (Lipinski definition) is 1. The highest BCUT2D eigenvalue weighted by Crippen LogP contribution is 2.40. The SMILES string of the molecule is Cn1ccnc1C(O)(c1ccccn1)C1CCN(C(=O)OC(C)(C)C)CC1. The van der Waals surface area contributed by atoms with Gasteiger partial charge in [0.15, 0.2) is 5.60 Å². The number of pyridine rings is 1. The maximum absolute atomic E-state index is 12.3. The third-order valence-corrected chi connectivity index (χ3v) is 4.95. The van der Waals surface area contributed by atoms with E-state index < -0.39 is 11.2 Å². The predicted molar refractivity (Wildman–Crippen MR) is 101 cm³/mol. The molecule has 27 heavy (non-hydrogen) atoms. The highest BCUT2D eigenvalue weighted by molar-refractivity contribution is 5.68. The summed E-state index contributed by atoms with van der Waals surface area (Å²) >= 11 is 0. The van der Waals surface area contributed by atoms with E-state index in [-0.39, 0.29) is 12.0 Å². The van der Waals surface area contributed by atoms with E-state index in [1.807, 2.05) is 56.8 Å². The van der Waals surface area contributed by atoms with Crippen molar-refractivity contribution in [1.29, 1.82) is 0 Å². The molecule has 1 aliphatic rings. The third-order valence-electron chi connectivity index (χ3n) is 4.95. The van der Waals surface area contributed by atoms with Crippen LogP contribution in [0.2, 0.25) is 0 Å². The largest absolute Gasteiger partial charge is 0.444 e. The van der Waals surface area contributed by atoms with Crippen LogP contribution in [-0.4, -0.2) is 49.3 Å². The molecule has 2 aromatic rings. The highest BCUT2D eigenvalue weighted by Gasteiger charge is 2.46. The molecule has 0 bridgehead atoms. The molecule has 1 saturated heterocycles. The number of aryl methyl sites for hydroxylation is 1. The topological polar surface area (TPSA) is 80.5 Å². The molecule has 0 spiro atoms. The van der Waals surface area contributed by atoms with Crippen LogP contribution in [-0.2, 0) is 17.4 Å². The molecule has 1 fully saturated rings. The maximum Gasteiger partial charge on any atom is 0.410 e. The lowest BCUT2D eigenvalue weighted by molar-refractivity contribution is -0.0327. The molecular formula is C20H28N4O3. The summed E-state index contributed by atoms with van der Waals surface area (Å²) in [7, 11) is 1.87. The number of aliphatic hydroxyl groups is 1. The molecule has 7 heteroatoms. The molecule has 146 valence electrons. The number of likely N-dealkylation sites (tertiary alicyclic amines) is 1. The first-order valence-electron chi connectivity index (χ1n) is 9.31. The summed E-state index contributed by atoms with van der Waals surface area (Å²) in [5, 5.41) is 11.8. The zero-order valence-corrected chi connectivity index (χ0v) is 16.4. The number of rotatable bonds is 3. The van der Waals surface area contributed by atoms with Gasteiger partial charge in [-0.05, 0) is 45.7 Å². The van der Waals surface area contributed by atoms with E-state index in [9.17, 15) is 9.90 Å². The van der Waals surface area contributed by atoms with Crippen LogP contribution in [0.1, 0.15) is 45.1 Å². The number of ether oxygens (including phenoxy) is 1. The number of nitrogens with zero attached hydrogens (tertiary/aromatic N) is 4. The summed E-state index contributed by atoms with van der Waals surface area (Å²) in [5.74, 6) is 0.462. The van der Waals surface area contributed by atoms with Gasteiger partial charge in [-0.2, -0.15) is 0 Å². The second-order valence-corrected chi connectivity index (χ2v) is 8.08. The summed E-state index contributed by atoms with van der Waals surface area (Å²) < 4.78 is 7.30. The lowest BCUT2D eigenvalue weighted by atomic mass is 9.77. The molecule has 3 heterocycles. The molecule has 0 saturated carbocycles. The van der Waals surface area contributed by atoms with E-state index in [0.717, 1.165) is 0 Å². The van der Waals surface area contributed by atoms with Crippen LogP contribution in [0.4, 0.5) is 4.79 Å². The molecule has 1 amide bonds. The van der Waals surface area contributed by atoms with E-state index in [2.05, 4.69) is 9.97 Å². The van der Waals surface area contributed by atoms with Crippen LogP contribution >= 0.6 is 0 Å². The van der Waals surface area contributed by atoms with E-state index in [1.54, 1.807) is 17.3 Å². The molecule has 0 aromatic carbocycles. The Kier molecular flexibility index (Phi) is 5.24. The van der Waals surface area contributed by atoms with Crippen molar-refractivity contribution in [1.82, 2.24) is 19.4 Å². The molecular weight excluding hydrogens is 344 g/mol. The van der Waals surface area contributed by atoms with Gasteiger partial charge in [-0.1, -0.05) is 6.07 Å². The fourth-order valence-electron chi connectivity index (χ4n) is 3.63. The molecule has 1 atom stereocenters. The lowest BCUT2D eigenvalue weighted by Gasteiger charge is -2.40. The molecule has 1 N–H and O–H groups in total. The van der Waals surface area contributed by atoms with Crippen molar-refractivity contribution in [3.8, 4) is 0 Å². The maximum atomic E-state index is 12.3. The number of hydrogen-bond acceptors (Lipinski definition) is 5. The van der Waals surface area contributed by atoms with Gasteiger partial charge in [0.05, 0.1) is 5.69 Å². The minimum atomic E-state index is -1.31. The lowest BCUT2D eigenvalue weighted by Crippen LogP contribution is -2.48. The smallest absolute Gasteiger partial charge is 0.410 e. The van der Waals surface area contributed by atoms with Gasteiger partial charge in [0, 0.05) is 44.6 Å². The summed E-state index contributed by atoms with van der Waals surface area (Å²) in [5.41, 5.74) is -1.25. The van der Waals surface area contributed by atoms with Crippen molar-refractivity contribution in [2.75, 3.05) is 13.1 Å². The number of carbonyl (C=O) groups excluding carboxylic acids is 1. The molecule has 1 aliphatic heterocycles. The van der Waals surface area contributed by atoms with Gasteiger partial charge in [0.25, 0.3) is 0 Å². The van der Waals surface area contributed by atoms with E-state index in [1.165, 1.54) is 0 Å². The Labute approximate surface area is 160 Å². The van der Waals surface area contributed by atoms with Gasteiger partial charge in [-0.15, -0.1) is 0 Å². The van der Waals surface area contributed by atoms with Crippen LogP contribution in [0.5, 0.6) is 0 Å². The van der Waals surface area contributed by atoms with Gasteiger partial charge in [0.2, 0.25) is 0 Å². The molecule has 7 nitrogen and oxygen atoms in total. The van der Waals surface area contributed by atoms with Gasteiger partial charge in [-0.25, -0.2) is 9.78 Å². The second-order valence-electron chi connectivity index (χ2n) is 8.08. The van der Waals surface area contributed by atoms with Crippen molar-refractivity contribution in [3.63, 3.8) is 0 Å². The van der Waals surface area contributed by atoms with Crippen LogP contribution in [0.15, 0.2) is 36.8 Å². The number of imidazole rings is 1. The molecule has 3 rings (SSSR count).